The van der Waals surface area contributed by atoms with Crippen LogP contribution in [0.1, 0.15) is 16.3 Å². The van der Waals surface area contributed by atoms with E-state index in [2.05, 4.69) is 15.7 Å². The van der Waals surface area contributed by atoms with Crippen molar-refractivity contribution in [3.8, 4) is 17.2 Å². The summed E-state index contributed by atoms with van der Waals surface area (Å²) in [5.74, 6) is 1.94. The standard InChI is InChI=1S/C15H20N2O3S.ClH/c1-10-9-21-14(17-10)8-16-7-11-5-12(18-2)15(20-4)13(6-11)19-3;/h5-6,9,16H,7-8H2,1-4H3;1H. The Labute approximate surface area is 141 Å². The van der Waals surface area contributed by atoms with Crippen LogP contribution in [0.25, 0.3) is 0 Å². The van der Waals surface area contributed by atoms with Crippen LogP contribution in [0.3, 0.4) is 0 Å². The summed E-state index contributed by atoms with van der Waals surface area (Å²) in [5, 5.41) is 6.50. The maximum atomic E-state index is 5.34. The molecule has 0 aliphatic heterocycles. The Morgan fingerprint density at radius 3 is 2.14 bits per heavy atom. The highest BCUT2D eigenvalue weighted by Gasteiger charge is 2.12. The van der Waals surface area contributed by atoms with E-state index >= 15 is 0 Å². The second-order valence-electron chi connectivity index (χ2n) is 4.52. The molecule has 22 heavy (non-hydrogen) atoms. The zero-order chi connectivity index (χ0) is 15.2. The molecule has 5 nitrogen and oxygen atoms in total. The molecule has 0 radical (unpaired) electrons. The minimum absolute atomic E-state index is 0. The van der Waals surface area contributed by atoms with Crippen molar-refractivity contribution < 1.29 is 14.2 Å². The number of halogens is 1. The Balaban J connectivity index is 0.00000242. The number of nitrogens with zero attached hydrogens (tertiary/aromatic N) is 1. The van der Waals surface area contributed by atoms with E-state index < -0.39 is 0 Å². The van der Waals surface area contributed by atoms with Crippen molar-refractivity contribution in [2.75, 3.05) is 21.3 Å². The summed E-state index contributed by atoms with van der Waals surface area (Å²) in [5.41, 5.74) is 2.13. The number of benzene rings is 1. The summed E-state index contributed by atoms with van der Waals surface area (Å²) in [6.07, 6.45) is 0. The van der Waals surface area contributed by atoms with Crippen molar-refractivity contribution in [2.45, 2.75) is 20.0 Å². The average molecular weight is 345 g/mol. The molecule has 0 atom stereocenters. The molecule has 0 unspecified atom stereocenters. The van der Waals surface area contributed by atoms with Crippen LogP contribution >= 0.6 is 23.7 Å². The zero-order valence-corrected chi connectivity index (χ0v) is 14.8. The lowest BCUT2D eigenvalue weighted by molar-refractivity contribution is 0.323. The van der Waals surface area contributed by atoms with E-state index in [9.17, 15) is 0 Å². The number of nitrogens with one attached hydrogen (secondary N) is 1. The van der Waals surface area contributed by atoms with Crippen molar-refractivity contribution >= 4 is 23.7 Å². The first kappa shape index (κ1) is 18.5. The van der Waals surface area contributed by atoms with Gasteiger partial charge < -0.3 is 19.5 Å². The minimum Gasteiger partial charge on any atom is -0.493 e. The van der Waals surface area contributed by atoms with Crippen LogP contribution < -0.4 is 19.5 Å². The van der Waals surface area contributed by atoms with Crippen LogP contribution in [0.5, 0.6) is 17.2 Å². The molecule has 122 valence electrons. The highest BCUT2D eigenvalue weighted by Crippen LogP contribution is 2.38. The van der Waals surface area contributed by atoms with E-state index in [0.29, 0.717) is 23.8 Å². The highest BCUT2D eigenvalue weighted by molar-refractivity contribution is 7.09. The molecule has 2 rings (SSSR count). The molecule has 1 aromatic carbocycles. The van der Waals surface area contributed by atoms with Gasteiger partial charge in [-0.2, -0.15) is 0 Å². The number of aromatic nitrogens is 1. The van der Waals surface area contributed by atoms with Crippen LogP contribution in [-0.2, 0) is 13.1 Å². The third kappa shape index (κ3) is 4.50. The van der Waals surface area contributed by atoms with Crippen molar-refractivity contribution in [1.82, 2.24) is 10.3 Å². The average Bonchev–Trinajstić information content (AvgIpc) is 2.91. The molecule has 1 N–H and O–H groups in total. The zero-order valence-electron chi connectivity index (χ0n) is 13.1. The van der Waals surface area contributed by atoms with Crippen LogP contribution in [0.15, 0.2) is 17.5 Å². The fourth-order valence-corrected chi connectivity index (χ4v) is 2.78. The number of aryl methyl sites for hydroxylation is 1. The normalized spacial score (nSPS) is 10.0. The van der Waals surface area contributed by atoms with Gasteiger partial charge in [0.05, 0.1) is 21.3 Å². The predicted octanol–water partition coefficient (Wildman–Crippen LogP) is 3.19. The van der Waals surface area contributed by atoms with Gasteiger partial charge in [-0.1, -0.05) is 0 Å². The summed E-state index contributed by atoms with van der Waals surface area (Å²) < 4.78 is 16.0. The third-order valence-corrected chi connectivity index (χ3v) is 3.96. The summed E-state index contributed by atoms with van der Waals surface area (Å²) >= 11 is 1.66. The van der Waals surface area contributed by atoms with Gasteiger partial charge in [-0.3, -0.25) is 0 Å². The fraction of sp³-hybridized carbons (Fsp3) is 0.400. The van der Waals surface area contributed by atoms with E-state index in [1.807, 2.05) is 19.1 Å². The second-order valence-corrected chi connectivity index (χ2v) is 5.46. The molecular formula is C15H21ClN2O3S. The smallest absolute Gasteiger partial charge is 0.203 e. The Kier molecular flexibility index (Phi) is 7.44. The number of thiazole rings is 1. The van der Waals surface area contributed by atoms with Crippen molar-refractivity contribution in [3.63, 3.8) is 0 Å². The molecule has 0 fully saturated rings. The second kappa shape index (κ2) is 8.82. The topological polar surface area (TPSA) is 52.6 Å². The molecule has 7 heteroatoms. The molecule has 1 aromatic heterocycles. The molecule has 0 aliphatic carbocycles. The largest absolute Gasteiger partial charge is 0.493 e. The van der Waals surface area contributed by atoms with Crippen LogP contribution in [0, 0.1) is 6.92 Å². The highest BCUT2D eigenvalue weighted by atomic mass is 35.5. The lowest BCUT2D eigenvalue weighted by Gasteiger charge is -2.14. The molecule has 0 saturated carbocycles. The van der Waals surface area contributed by atoms with Gasteiger partial charge in [0.1, 0.15) is 5.01 Å². The van der Waals surface area contributed by atoms with Crippen LogP contribution in [-0.4, -0.2) is 26.3 Å². The quantitative estimate of drug-likeness (QED) is 0.836. The molecule has 0 spiro atoms. The predicted molar refractivity (Wildman–Crippen MR) is 90.7 cm³/mol. The Hall–Kier alpha value is -1.50. The minimum atomic E-state index is 0. The Morgan fingerprint density at radius 1 is 1.05 bits per heavy atom. The Bertz CT molecular complexity index is 579. The molecule has 0 saturated heterocycles. The first-order valence-electron chi connectivity index (χ1n) is 6.58. The summed E-state index contributed by atoms with van der Waals surface area (Å²) in [6, 6.07) is 3.89. The van der Waals surface area contributed by atoms with Gasteiger partial charge in [0.2, 0.25) is 5.75 Å². The fourth-order valence-electron chi connectivity index (χ4n) is 2.04. The number of hydrogen-bond donors (Lipinski definition) is 1. The van der Waals surface area contributed by atoms with E-state index in [1.54, 1.807) is 32.7 Å². The molecule has 2 aromatic rings. The van der Waals surface area contributed by atoms with E-state index in [-0.39, 0.29) is 12.4 Å². The lowest BCUT2D eigenvalue weighted by atomic mass is 10.2. The molecule has 0 aliphatic rings. The first-order chi connectivity index (χ1) is 10.2. The third-order valence-electron chi connectivity index (χ3n) is 3.00. The molecule has 0 amide bonds. The van der Waals surface area contributed by atoms with Crippen LogP contribution in [0.2, 0.25) is 0 Å². The van der Waals surface area contributed by atoms with Gasteiger partial charge >= 0.3 is 0 Å². The summed E-state index contributed by atoms with van der Waals surface area (Å²) in [6.45, 7) is 3.45. The van der Waals surface area contributed by atoms with Gasteiger partial charge in [-0.05, 0) is 24.6 Å². The van der Waals surface area contributed by atoms with Crippen molar-refractivity contribution in [2.24, 2.45) is 0 Å². The number of hydrogen-bond acceptors (Lipinski definition) is 6. The van der Waals surface area contributed by atoms with Gasteiger partial charge in [0.15, 0.2) is 11.5 Å². The molecule has 1 heterocycles. The van der Waals surface area contributed by atoms with E-state index in [0.717, 1.165) is 22.8 Å². The van der Waals surface area contributed by atoms with Gasteiger partial charge in [-0.25, -0.2) is 4.98 Å². The van der Waals surface area contributed by atoms with E-state index in [4.69, 9.17) is 14.2 Å². The molecular weight excluding hydrogens is 324 g/mol. The summed E-state index contributed by atoms with van der Waals surface area (Å²) in [7, 11) is 4.84. The lowest BCUT2D eigenvalue weighted by Crippen LogP contribution is -2.13. The van der Waals surface area contributed by atoms with Gasteiger partial charge in [0, 0.05) is 24.2 Å². The SMILES string of the molecule is COc1cc(CNCc2nc(C)cs2)cc(OC)c1OC.Cl. The maximum Gasteiger partial charge on any atom is 0.203 e. The van der Waals surface area contributed by atoms with Crippen molar-refractivity contribution in [1.29, 1.82) is 0 Å². The first-order valence-corrected chi connectivity index (χ1v) is 7.46. The number of ether oxygens (including phenoxy) is 3. The van der Waals surface area contributed by atoms with E-state index in [1.165, 1.54) is 0 Å². The Morgan fingerprint density at radius 2 is 1.68 bits per heavy atom. The monoisotopic (exact) mass is 344 g/mol. The van der Waals surface area contributed by atoms with Gasteiger partial charge in [-0.15, -0.1) is 23.7 Å². The van der Waals surface area contributed by atoms with Gasteiger partial charge in [0.25, 0.3) is 0 Å². The summed E-state index contributed by atoms with van der Waals surface area (Å²) in [4.78, 5) is 4.42. The molecule has 0 bridgehead atoms. The number of methoxy groups -OCH3 is 3. The maximum absolute atomic E-state index is 5.34. The number of rotatable bonds is 7. The van der Waals surface area contributed by atoms with Crippen LogP contribution in [0.4, 0.5) is 0 Å². The van der Waals surface area contributed by atoms with Crippen molar-refractivity contribution in [3.05, 3.63) is 33.8 Å².